The van der Waals surface area contributed by atoms with Crippen LogP contribution in [0.15, 0.2) is 22.6 Å². The summed E-state index contributed by atoms with van der Waals surface area (Å²) in [6, 6.07) is 6.10. The topological polar surface area (TPSA) is 72.4 Å². The molecule has 5 heteroatoms. The molecule has 2 aromatic rings. The van der Waals surface area contributed by atoms with Gasteiger partial charge in [0.2, 0.25) is 5.89 Å². The standard InChI is InChI=1S/C17H19N3O2/c18-15(21)12-2-1-3-13-14(12)19-16(22-13)17-7-6-10(8-17)9-20(17)11-4-5-11/h1-3,10-11H,4-9H2,(H2,18,21). The number of fused-ring (bicyclic) bond motifs is 3. The maximum Gasteiger partial charge on any atom is 0.251 e. The number of oxazole rings is 1. The monoisotopic (exact) mass is 297 g/mol. The third kappa shape index (κ3) is 1.57. The number of nitrogens with zero attached hydrogens (tertiary/aromatic N) is 2. The molecule has 3 fully saturated rings. The highest BCUT2D eigenvalue weighted by molar-refractivity contribution is 6.03. The molecular formula is C17H19N3O2. The molecule has 2 aliphatic carbocycles. The van der Waals surface area contributed by atoms with Gasteiger partial charge in [0.05, 0.1) is 11.1 Å². The van der Waals surface area contributed by atoms with Gasteiger partial charge >= 0.3 is 0 Å². The summed E-state index contributed by atoms with van der Waals surface area (Å²) < 4.78 is 6.11. The van der Waals surface area contributed by atoms with Crippen molar-refractivity contribution in [1.82, 2.24) is 9.88 Å². The van der Waals surface area contributed by atoms with Gasteiger partial charge in [-0.15, -0.1) is 0 Å². The third-order valence-corrected chi connectivity index (χ3v) is 5.67. The molecule has 2 bridgehead atoms. The van der Waals surface area contributed by atoms with E-state index in [4.69, 9.17) is 15.1 Å². The molecule has 2 heterocycles. The molecule has 5 nitrogen and oxygen atoms in total. The van der Waals surface area contributed by atoms with Crippen molar-refractivity contribution in [3.8, 4) is 0 Å². The van der Waals surface area contributed by atoms with E-state index in [0.29, 0.717) is 22.7 Å². The molecule has 2 saturated carbocycles. The van der Waals surface area contributed by atoms with E-state index in [1.54, 1.807) is 12.1 Å². The van der Waals surface area contributed by atoms with Crippen LogP contribution >= 0.6 is 0 Å². The number of hydrogen-bond acceptors (Lipinski definition) is 4. The molecule has 2 unspecified atom stereocenters. The molecule has 114 valence electrons. The first kappa shape index (κ1) is 12.6. The van der Waals surface area contributed by atoms with Crippen LogP contribution in [0.5, 0.6) is 0 Å². The van der Waals surface area contributed by atoms with Gasteiger partial charge in [0.25, 0.3) is 5.91 Å². The van der Waals surface area contributed by atoms with Crippen LogP contribution in [-0.2, 0) is 5.54 Å². The normalized spacial score (nSPS) is 31.2. The molecule has 1 aromatic carbocycles. The van der Waals surface area contributed by atoms with Crippen molar-refractivity contribution in [2.24, 2.45) is 11.7 Å². The van der Waals surface area contributed by atoms with Crippen molar-refractivity contribution in [1.29, 1.82) is 0 Å². The highest BCUT2D eigenvalue weighted by Crippen LogP contribution is 2.56. The van der Waals surface area contributed by atoms with Gasteiger partial charge in [-0.3, -0.25) is 9.69 Å². The van der Waals surface area contributed by atoms with Crippen molar-refractivity contribution in [2.75, 3.05) is 6.54 Å². The zero-order valence-electron chi connectivity index (χ0n) is 12.4. The van der Waals surface area contributed by atoms with E-state index in [0.717, 1.165) is 24.7 Å². The van der Waals surface area contributed by atoms with Crippen molar-refractivity contribution >= 4 is 17.0 Å². The summed E-state index contributed by atoms with van der Waals surface area (Å²) in [4.78, 5) is 19.0. The third-order valence-electron chi connectivity index (χ3n) is 5.67. The van der Waals surface area contributed by atoms with Gasteiger partial charge in [0.1, 0.15) is 5.52 Å². The van der Waals surface area contributed by atoms with E-state index in [9.17, 15) is 4.79 Å². The Morgan fingerprint density at radius 2 is 2.23 bits per heavy atom. The first-order chi connectivity index (χ1) is 10.7. The summed E-state index contributed by atoms with van der Waals surface area (Å²) in [6.45, 7) is 1.17. The molecule has 2 atom stereocenters. The Bertz CT molecular complexity index is 779. The zero-order valence-corrected chi connectivity index (χ0v) is 12.4. The van der Waals surface area contributed by atoms with E-state index >= 15 is 0 Å². The second-order valence-corrected chi connectivity index (χ2v) is 7.06. The van der Waals surface area contributed by atoms with Gasteiger partial charge in [0.15, 0.2) is 5.58 Å². The fraction of sp³-hybridized carbons (Fsp3) is 0.529. The van der Waals surface area contributed by atoms with Gasteiger partial charge in [-0.2, -0.15) is 0 Å². The SMILES string of the molecule is NC(=O)c1cccc2oc(C34CCC(CN3C3CC3)C4)nc12. The lowest BCUT2D eigenvalue weighted by Gasteiger charge is -2.36. The fourth-order valence-corrected chi connectivity index (χ4v) is 4.54. The number of piperidine rings is 1. The van der Waals surface area contributed by atoms with E-state index < -0.39 is 5.91 Å². The predicted octanol–water partition coefficient (Wildman–Crippen LogP) is 2.40. The maximum absolute atomic E-state index is 11.6. The van der Waals surface area contributed by atoms with Gasteiger partial charge in [0, 0.05) is 12.6 Å². The zero-order chi connectivity index (χ0) is 14.9. The largest absolute Gasteiger partial charge is 0.439 e. The maximum atomic E-state index is 11.6. The highest BCUT2D eigenvalue weighted by Gasteiger charge is 2.58. The summed E-state index contributed by atoms with van der Waals surface area (Å²) in [7, 11) is 0. The number of hydrogen-bond donors (Lipinski definition) is 1. The van der Waals surface area contributed by atoms with Crippen LogP contribution in [0.2, 0.25) is 0 Å². The second kappa shape index (κ2) is 4.10. The predicted molar refractivity (Wildman–Crippen MR) is 81.3 cm³/mol. The van der Waals surface area contributed by atoms with Crippen LogP contribution in [0.4, 0.5) is 0 Å². The number of benzene rings is 1. The minimum Gasteiger partial charge on any atom is -0.439 e. The smallest absolute Gasteiger partial charge is 0.251 e. The number of carbonyl (C=O) groups excluding carboxylic acids is 1. The van der Waals surface area contributed by atoms with Crippen molar-refractivity contribution in [3.05, 3.63) is 29.7 Å². The molecule has 5 rings (SSSR count). The lowest BCUT2D eigenvalue weighted by atomic mass is 9.96. The summed E-state index contributed by atoms with van der Waals surface area (Å²) in [5.74, 6) is 1.12. The Hall–Kier alpha value is -1.88. The van der Waals surface area contributed by atoms with Crippen LogP contribution in [-0.4, -0.2) is 28.4 Å². The molecule has 22 heavy (non-hydrogen) atoms. The Morgan fingerprint density at radius 1 is 1.36 bits per heavy atom. The van der Waals surface area contributed by atoms with E-state index in [1.165, 1.54) is 25.8 Å². The summed E-state index contributed by atoms with van der Waals surface area (Å²) in [5.41, 5.74) is 7.17. The Kier molecular flexibility index (Phi) is 2.36. The summed E-state index contributed by atoms with van der Waals surface area (Å²) in [6.07, 6.45) is 6.10. The van der Waals surface area contributed by atoms with Gasteiger partial charge in [-0.25, -0.2) is 4.98 Å². The second-order valence-electron chi connectivity index (χ2n) is 7.06. The number of aromatic nitrogens is 1. The van der Waals surface area contributed by atoms with Crippen molar-refractivity contribution < 1.29 is 9.21 Å². The summed E-state index contributed by atoms with van der Waals surface area (Å²) >= 11 is 0. The van der Waals surface area contributed by atoms with Crippen LogP contribution in [0, 0.1) is 5.92 Å². The molecule has 0 radical (unpaired) electrons. The molecule has 0 spiro atoms. The molecule has 1 amide bonds. The van der Waals surface area contributed by atoms with Crippen LogP contribution < -0.4 is 5.73 Å². The number of amides is 1. The number of likely N-dealkylation sites (tertiary alicyclic amines) is 1. The van der Waals surface area contributed by atoms with E-state index in [1.807, 2.05) is 6.07 Å². The first-order valence-electron chi connectivity index (χ1n) is 8.14. The first-order valence-corrected chi connectivity index (χ1v) is 8.14. The van der Waals surface area contributed by atoms with Gasteiger partial charge in [-0.1, -0.05) is 6.07 Å². The van der Waals surface area contributed by atoms with E-state index in [-0.39, 0.29) is 5.54 Å². The van der Waals surface area contributed by atoms with Crippen LogP contribution in [0.25, 0.3) is 11.1 Å². The minimum atomic E-state index is -0.447. The summed E-state index contributed by atoms with van der Waals surface area (Å²) in [5, 5.41) is 0. The Morgan fingerprint density at radius 3 is 2.95 bits per heavy atom. The van der Waals surface area contributed by atoms with Crippen LogP contribution in [0.3, 0.4) is 0 Å². The quantitative estimate of drug-likeness (QED) is 0.944. The molecular weight excluding hydrogens is 278 g/mol. The van der Waals surface area contributed by atoms with E-state index in [2.05, 4.69) is 4.90 Å². The Balaban J connectivity index is 1.67. The lowest BCUT2D eigenvalue weighted by Crippen LogP contribution is -2.43. The average molecular weight is 297 g/mol. The molecule has 1 aromatic heterocycles. The fourth-order valence-electron chi connectivity index (χ4n) is 4.54. The number of primary amides is 1. The highest BCUT2D eigenvalue weighted by atomic mass is 16.4. The number of carbonyl (C=O) groups is 1. The Labute approximate surface area is 128 Å². The van der Waals surface area contributed by atoms with Crippen molar-refractivity contribution in [3.63, 3.8) is 0 Å². The lowest BCUT2D eigenvalue weighted by molar-refractivity contribution is 0.0802. The molecule has 2 N–H and O–H groups in total. The molecule has 1 saturated heterocycles. The average Bonchev–Trinajstić information content (AvgIpc) is 2.98. The van der Waals surface area contributed by atoms with Crippen molar-refractivity contribution in [2.45, 2.75) is 43.7 Å². The van der Waals surface area contributed by atoms with Gasteiger partial charge < -0.3 is 10.2 Å². The molecule has 3 aliphatic rings. The number of rotatable bonds is 3. The number of nitrogens with two attached hydrogens (primary N) is 1. The van der Waals surface area contributed by atoms with Gasteiger partial charge in [-0.05, 0) is 50.2 Å². The van der Waals surface area contributed by atoms with Crippen LogP contribution in [0.1, 0.15) is 48.4 Å². The number of para-hydroxylation sites is 1. The molecule has 1 aliphatic heterocycles. The minimum absolute atomic E-state index is 0.0419.